The summed E-state index contributed by atoms with van der Waals surface area (Å²) in [4.78, 5) is 2.41. The molecule has 19 heavy (non-hydrogen) atoms. The number of hydrogen-bond donors (Lipinski definition) is 1. The standard InChI is InChI=1S/C16H27ClN2/c1-5-10-19(11-6-2)14-8-9-15(16(17)12-14)13(4)18-7-3/h8-9,12-13,18H,5-7,10-11H2,1-4H3. The van der Waals surface area contributed by atoms with E-state index in [1.807, 2.05) is 0 Å². The van der Waals surface area contributed by atoms with Crippen molar-refractivity contribution >= 4 is 17.3 Å². The Morgan fingerprint density at radius 1 is 1.16 bits per heavy atom. The monoisotopic (exact) mass is 282 g/mol. The molecule has 0 saturated carbocycles. The number of rotatable bonds is 8. The first-order valence-electron chi connectivity index (χ1n) is 7.41. The molecule has 0 fully saturated rings. The Morgan fingerprint density at radius 2 is 1.79 bits per heavy atom. The van der Waals surface area contributed by atoms with Crippen LogP contribution in [-0.4, -0.2) is 19.6 Å². The first kappa shape index (κ1) is 16.3. The van der Waals surface area contributed by atoms with Gasteiger partial charge >= 0.3 is 0 Å². The lowest BCUT2D eigenvalue weighted by Gasteiger charge is -2.25. The summed E-state index contributed by atoms with van der Waals surface area (Å²) < 4.78 is 0. The highest BCUT2D eigenvalue weighted by Crippen LogP contribution is 2.28. The van der Waals surface area contributed by atoms with Crippen molar-refractivity contribution in [3.05, 3.63) is 28.8 Å². The predicted molar refractivity (Wildman–Crippen MR) is 86.3 cm³/mol. The van der Waals surface area contributed by atoms with Crippen molar-refractivity contribution in [3.63, 3.8) is 0 Å². The lowest BCUT2D eigenvalue weighted by Crippen LogP contribution is -2.25. The molecule has 3 heteroatoms. The van der Waals surface area contributed by atoms with Gasteiger partial charge in [-0.3, -0.25) is 0 Å². The Bertz CT molecular complexity index is 373. The summed E-state index contributed by atoms with van der Waals surface area (Å²) in [6, 6.07) is 6.76. The molecule has 1 rings (SSSR count). The van der Waals surface area contributed by atoms with Crippen LogP contribution in [0, 0.1) is 0 Å². The van der Waals surface area contributed by atoms with Crippen molar-refractivity contribution in [2.45, 2.75) is 46.6 Å². The molecule has 0 aromatic heterocycles. The second kappa shape index (κ2) is 8.44. The average molecular weight is 283 g/mol. The first-order chi connectivity index (χ1) is 9.13. The van der Waals surface area contributed by atoms with E-state index >= 15 is 0 Å². The number of hydrogen-bond acceptors (Lipinski definition) is 2. The zero-order valence-corrected chi connectivity index (χ0v) is 13.4. The van der Waals surface area contributed by atoms with Crippen LogP contribution in [0.15, 0.2) is 18.2 Å². The third kappa shape index (κ3) is 4.70. The number of nitrogens with one attached hydrogen (secondary N) is 1. The van der Waals surface area contributed by atoms with Crippen LogP contribution in [0.2, 0.25) is 5.02 Å². The number of nitrogens with zero attached hydrogens (tertiary/aromatic N) is 1. The summed E-state index contributed by atoms with van der Waals surface area (Å²) in [5.74, 6) is 0. The van der Waals surface area contributed by atoms with Crippen LogP contribution < -0.4 is 10.2 Å². The van der Waals surface area contributed by atoms with Gasteiger partial charge in [-0.25, -0.2) is 0 Å². The minimum Gasteiger partial charge on any atom is -0.372 e. The molecule has 1 atom stereocenters. The van der Waals surface area contributed by atoms with E-state index in [2.05, 4.69) is 56.1 Å². The summed E-state index contributed by atoms with van der Waals surface area (Å²) in [6.45, 7) is 11.8. The average Bonchev–Trinajstić information content (AvgIpc) is 2.38. The highest BCUT2D eigenvalue weighted by molar-refractivity contribution is 6.31. The van der Waals surface area contributed by atoms with Gasteiger partial charge in [-0.15, -0.1) is 0 Å². The van der Waals surface area contributed by atoms with Crippen LogP contribution in [-0.2, 0) is 0 Å². The molecule has 0 amide bonds. The fraction of sp³-hybridized carbons (Fsp3) is 0.625. The van der Waals surface area contributed by atoms with Crippen molar-refractivity contribution < 1.29 is 0 Å². The van der Waals surface area contributed by atoms with Gasteiger partial charge in [0.2, 0.25) is 0 Å². The van der Waals surface area contributed by atoms with Gasteiger partial charge in [0.25, 0.3) is 0 Å². The number of halogens is 1. The SMILES string of the molecule is CCCN(CCC)c1ccc(C(C)NCC)c(Cl)c1. The molecule has 108 valence electrons. The largest absolute Gasteiger partial charge is 0.372 e. The molecule has 0 bridgehead atoms. The van der Waals surface area contributed by atoms with Gasteiger partial charge in [-0.2, -0.15) is 0 Å². The van der Waals surface area contributed by atoms with Crippen molar-refractivity contribution in [1.29, 1.82) is 0 Å². The summed E-state index contributed by atoms with van der Waals surface area (Å²) in [5, 5.41) is 4.27. The highest BCUT2D eigenvalue weighted by Gasteiger charge is 2.11. The number of anilines is 1. The lowest BCUT2D eigenvalue weighted by atomic mass is 10.1. The van der Waals surface area contributed by atoms with Gasteiger partial charge in [0.05, 0.1) is 0 Å². The second-order valence-electron chi connectivity index (χ2n) is 4.97. The smallest absolute Gasteiger partial charge is 0.0474 e. The van der Waals surface area contributed by atoms with E-state index in [0.717, 1.165) is 37.5 Å². The van der Waals surface area contributed by atoms with Crippen LogP contribution in [0.25, 0.3) is 0 Å². The molecule has 1 unspecified atom stereocenters. The van der Waals surface area contributed by atoms with Gasteiger partial charge in [0.1, 0.15) is 0 Å². The lowest BCUT2D eigenvalue weighted by molar-refractivity contribution is 0.598. The summed E-state index contributed by atoms with van der Waals surface area (Å²) >= 11 is 6.44. The van der Waals surface area contributed by atoms with Crippen LogP contribution in [0.4, 0.5) is 5.69 Å². The second-order valence-corrected chi connectivity index (χ2v) is 5.38. The fourth-order valence-electron chi connectivity index (χ4n) is 2.39. The van der Waals surface area contributed by atoms with E-state index in [4.69, 9.17) is 11.6 Å². The van der Waals surface area contributed by atoms with Gasteiger partial charge in [0, 0.05) is 29.8 Å². The van der Waals surface area contributed by atoms with E-state index in [9.17, 15) is 0 Å². The fourth-order valence-corrected chi connectivity index (χ4v) is 2.73. The molecule has 0 saturated heterocycles. The minimum atomic E-state index is 0.303. The zero-order chi connectivity index (χ0) is 14.3. The molecule has 2 nitrogen and oxygen atoms in total. The molecule has 0 aliphatic heterocycles. The Kier molecular flexibility index (Phi) is 7.25. The molecule has 1 N–H and O–H groups in total. The molecule has 0 spiro atoms. The van der Waals surface area contributed by atoms with Crippen LogP contribution in [0.5, 0.6) is 0 Å². The van der Waals surface area contributed by atoms with Crippen LogP contribution >= 0.6 is 11.6 Å². The van der Waals surface area contributed by atoms with E-state index in [0.29, 0.717) is 6.04 Å². The third-order valence-corrected chi connectivity index (χ3v) is 3.64. The Hall–Kier alpha value is -0.730. The quantitative estimate of drug-likeness (QED) is 0.747. The molecular formula is C16H27ClN2. The molecule has 0 radical (unpaired) electrons. The maximum atomic E-state index is 6.44. The van der Waals surface area contributed by atoms with Gasteiger partial charge in [-0.05, 0) is 44.0 Å². The predicted octanol–water partition coefficient (Wildman–Crippen LogP) is 4.64. The summed E-state index contributed by atoms with van der Waals surface area (Å²) in [5.41, 5.74) is 2.42. The maximum Gasteiger partial charge on any atom is 0.0474 e. The normalized spacial score (nSPS) is 12.5. The van der Waals surface area contributed by atoms with Crippen molar-refractivity contribution in [2.24, 2.45) is 0 Å². The molecule has 1 aromatic rings. The van der Waals surface area contributed by atoms with Crippen molar-refractivity contribution in [1.82, 2.24) is 5.32 Å². The van der Waals surface area contributed by atoms with E-state index < -0.39 is 0 Å². The minimum absolute atomic E-state index is 0.303. The van der Waals surface area contributed by atoms with Crippen molar-refractivity contribution in [3.8, 4) is 0 Å². The Labute approximate surface area is 123 Å². The Morgan fingerprint density at radius 3 is 2.26 bits per heavy atom. The third-order valence-electron chi connectivity index (χ3n) is 3.31. The molecule has 0 aliphatic rings. The zero-order valence-electron chi connectivity index (χ0n) is 12.7. The molecule has 1 aromatic carbocycles. The van der Waals surface area contributed by atoms with Crippen molar-refractivity contribution in [2.75, 3.05) is 24.5 Å². The van der Waals surface area contributed by atoms with E-state index in [1.54, 1.807) is 0 Å². The first-order valence-corrected chi connectivity index (χ1v) is 7.79. The van der Waals surface area contributed by atoms with Crippen LogP contribution in [0.1, 0.15) is 52.1 Å². The maximum absolute atomic E-state index is 6.44. The highest BCUT2D eigenvalue weighted by atomic mass is 35.5. The summed E-state index contributed by atoms with van der Waals surface area (Å²) in [7, 11) is 0. The van der Waals surface area contributed by atoms with Crippen LogP contribution in [0.3, 0.4) is 0 Å². The molecule has 0 heterocycles. The topological polar surface area (TPSA) is 15.3 Å². The van der Waals surface area contributed by atoms with E-state index in [-0.39, 0.29) is 0 Å². The van der Waals surface area contributed by atoms with Gasteiger partial charge < -0.3 is 10.2 Å². The molecule has 0 aliphatic carbocycles. The van der Waals surface area contributed by atoms with Gasteiger partial charge in [-0.1, -0.05) is 38.4 Å². The number of benzene rings is 1. The summed E-state index contributed by atoms with van der Waals surface area (Å²) in [6.07, 6.45) is 2.32. The van der Waals surface area contributed by atoms with Gasteiger partial charge in [0.15, 0.2) is 0 Å². The Balaban J connectivity index is 2.90. The molecular weight excluding hydrogens is 256 g/mol. The van der Waals surface area contributed by atoms with E-state index in [1.165, 1.54) is 11.3 Å².